The highest BCUT2D eigenvalue weighted by Crippen LogP contribution is 2.39. The lowest BCUT2D eigenvalue weighted by atomic mass is 9.90. The lowest BCUT2D eigenvalue weighted by molar-refractivity contribution is 0.0694. The topological polar surface area (TPSA) is 100 Å². The number of hydrogen-bond donors (Lipinski definition) is 3. The third-order valence-corrected chi connectivity index (χ3v) is 4.92. The molecule has 0 fully saturated rings. The van der Waals surface area contributed by atoms with Crippen LogP contribution >= 0.6 is 24.0 Å². The maximum Gasteiger partial charge on any atom is 0.216 e. The van der Waals surface area contributed by atoms with Gasteiger partial charge in [0.05, 0.1) is 12.3 Å². The monoisotopic (exact) mass is 536 g/mol. The van der Waals surface area contributed by atoms with Gasteiger partial charge in [-0.2, -0.15) is 5.10 Å². The molecular formula is C22H29IN6O2. The molecule has 2 aromatic heterocycles. The summed E-state index contributed by atoms with van der Waals surface area (Å²) in [6.45, 7) is 7.65. The average Bonchev–Trinajstić information content (AvgIpc) is 3.39. The predicted molar refractivity (Wildman–Crippen MR) is 131 cm³/mol. The Kier molecular flexibility index (Phi) is 7.58. The molecule has 3 N–H and O–H groups in total. The highest BCUT2D eigenvalue weighted by molar-refractivity contribution is 14.0. The van der Waals surface area contributed by atoms with Crippen molar-refractivity contribution in [1.29, 1.82) is 0 Å². The number of furan rings is 1. The van der Waals surface area contributed by atoms with Crippen molar-refractivity contribution in [1.82, 2.24) is 25.8 Å². The number of rotatable bonds is 6. The number of aliphatic imine (C=N–C) groups is 1. The van der Waals surface area contributed by atoms with Gasteiger partial charge in [0.2, 0.25) is 5.82 Å². The van der Waals surface area contributed by atoms with E-state index in [2.05, 4.69) is 52.7 Å². The molecule has 1 aromatic carbocycles. The van der Waals surface area contributed by atoms with Gasteiger partial charge in [-0.3, -0.25) is 10.1 Å². The van der Waals surface area contributed by atoms with Crippen LogP contribution in [-0.4, -0.2) is 39.8 Å². The van der Waals surface area contributed by atoms with E-state index in [0.717, 1.165) is 36.1 Å². The van der Waals surface area contributed by atoms with Crippen LogP contribution in [0.15, 0.2) is 52.1 Å². The molecule has 0 saturated carbocycles. The Morgan fingerprint density at radius 3 is 2.87 bits per heavy atom. The zero-order valence-corrected chi connectivity index (χ0v) is 20.3. The van der Waals surface area contributed by atoms with E-state index in [1.807, 2.05) is 30.3 Å². The second-order valence-electron chi connectivity index (χ2n) is 7.89. The van der Waals surface area contributed by atoms with Gasteiger partial charge in [-0.05, 0) is 39.0 Å². The molecule has 9 heteroatoms. The fraction of sp³-hybridized carbons (Fsp3) is 0.409. The van der Waals surface area contributed by atoms with Gasteiger partial charge in [-0.25, -0.2) is 4.98 Å². The van der Waals surface area contributed by atoms with Gasteiger partial charge in [0.15, 0.2) is 11.7 Å². The molecule has 1 atom stereocenters. The fourth-order valence-electron chi connectivity index (χ4n) is 3.61. The summed E-state index contributed by atoms with van der Waals surface area (Å²) < 4.78 is 11.5. The van der Waals surface area contributed by atoms with Crippen molar-refractivity contribution in [3.8, 4) is 17.3 Å². The molecule has 0 aliphatic carbocycles. The molecule has 1 aliphatic heterocycles. The minimum atomic E-state index is -0.245. The number of aromatic amines is 1. The van der Waals surface area contributed by atoms with Crippen LogP contribution in [0.25, 0.3) is 11.6 Å². The number of halogens is 1. The second-order valence-corrected chi connectivity index (χ2v) is 7.89. The van der Waals surface area contributed by atoms with Crippen LogP contribution in [0, 0.1) is 0 Å². The number of para-hydroxylation sites is 1. The van der Waals surface area contributed by atoms with E-state index < -0.39 is 0 Å². The molecule has 166 valence electrons. The molecule has 0 spiro atoms. The molecule has 3 aromatic rings. The molecule has 1 unspecified atom stereocenters. The van der Waals surface area contributed by atoms with Gasteiger partial charge >= 0.3 is 0 Å². The normalized spacial score (nSPS) is 17.3. The highest BCUT2D eigenvalue weighted by atomic mass is 127. The van der Waals surface area contributed by atoms with Crippen molar-refractivity contribution in [2.75, 3.05) is 13.1 Å². The number of H-pyrrole nitrogens is 1. The number of nitrogens with one attached hydrogen (secondary N) is 3. The zero-order chi connectivity index (χ0) is 21.0. The third-order valence-electron chi connectivity index (χ3n) is 4.92. The Balaban J connectivity index is 0.00000272. The fourth-order valence-corrected chi connectivity index (χ4v) is 3.61. The number of benzene rings is 1. The number of fused-ring (bicyclic) bond motifs is 1. The molecule has 8 nitrogen and oxygen atoms in total. The predicted octanol–water partition coefficient (Wildman–Crippen LogP) is 4.08. The summed E-state index contributed by atoms with van der Waals surface area (Å²) in [5.74, 6) is 3.69. The maximum absolute atomic E-state index is 6.14. The number of guanidine groups is 1. The molecule has 0 saturated heterocycles. The van der Waals surface area contributed by atoms with E-state index in [4.69, 9.17) is 14.1 Å². The minimum absolute atomic E-state index is 0. The molecule has 4 rings (SSSR count). The summed E-state index contributed by atoms with van der Waals surface area (Å²) in [5, 5.41) is 14.1. The van der Waals surface area contributed by atoms with E-state index in [9.17, 15) is 0 Å². The lowest BCUT2D eigenvalue weighted by Gasteiger charge is -2.38. The van der Waals surface area contributed by atoms with Crippen molar-refractivity contribution in [3.05, 3.63) is 54.0 Å². The second kappa shape index (κ2) is 10.2. The Labute approximate surface area is 199 Å². The molecule has 3 heterocycles. The van der Waals surface area contributed by atoms with E-state index in [-0.39, 0.29) is 35.6 Å². The first-order valence-corrected chi connectivity index (χ1v) is 10.3. The third kappa shape index (κ3) is 5.78. The minimum Gasteiger partial charge on any atom is -0.487 e. The highest BCUT2D eigenvalue weighted by Gasteiger charge is 2.33. The first-order valence-electron chi connectivity index (χ1n) is 10.3. The van der Waals surface area contributed by atoms with Crippen molar-refractivity contribution in [2.24, 2.45) is 4.99 Å². The molecule has 31 heavy (non-hydrogen) atoms. The first kappa shape index (κ1) is 23.1. The van der Waals surface area contributed by atoms with Gasteiger partial charge in [-0.1, -0.05) is 18.2 Å². The Morgan fingerprint density at radius 2 is 2.10 bits per heavy atom. The lowest BCUT2D eigenvalue weighted by Crippen LogP contribution is -2.45. The van der Waals surface area contributed by atoms with Gasteiger partial charge in [0.25, 0.3) is 0 Å². The van der Waals surface area contributed by atoms with Crippen molar-refractivity contribution in [2.45, 2.75) is 45.3 Å². The zero-order valence-electron chi connectivity index (χ0n) is 18.0. The van der Waals surface area contributed by atoms with E-state index >= 15 is 0 Å². The molecule has 0 bridgehead atoms. The Bertz CT molecular complexity index is 999. The first-order chi connectivity index (χ1) is 14.5. The van der Waals surface area contributed by atoms with E-state index in [0.29, 0.717) is 24.6 Å². The van der Waals surface area contributed by atoms with Crippen LogP contribution in [0.5, 0.6) is 5.75 Å². The summed E-state index contributed by atoms with van der Waals surface area (Å²) in [5.41, 5.74) is 0.909. The van der Waals surface area contributed by atoms with Crippen LogP contribution in [0.3, 0.4) is 0 Å². The number of aromatic nitrogens is 3. The average molecular weight is 536 g/mol. The Hall–Kier alpha value is -2.56. The standard InChI is InChI=1S/C22H28N6O2.HI/c1-4-23-21(24-12-11-19-26-20(28-27-19)18-10-7-13-29-18)25-16-14-22(2,3)30-17-9-6-5-8-15(16)17;/h5-10,13,16H,4,11-12,14H2,1-3H3,(H2,23,24,25)(H,26,27,28);1H. The van der Waals surface area contributed by atoms with Crippen LogP contribution in [-0.2, 0) is 6.42 Å². The van der Waals surface area contributed by atoms with Crippen LogP contribution < -0.4 is 15.4 Å². The van der Waals surface area contributed by atoms with E-state index in [1.54, 1.807) is 6.26 Å². The van der Waals surface area contributed by atoms with Gasteiger partial charge < -0.3 is 19.8 Å². The molecule has 1 aliphatic rings. The van der Waals surface area contributed by atoms with Crippen LogP contribution in [0.1, 0.15) is 44.6 Å². The number of nitrogens with zero attached hydrogens (tertiary/aromatic N) is 3. The Morgan fingerprint density at radius 1 is 1.26 bits per heavy atom. The molecular weight excluding hydrogens is 507 g/mol. The molecule has 0 amide bonds. The summed E-state index contributed by atoms with van der Waals surface area (Å²) >= 11 is 0. The summed E-state index contributed by atoms with van der Waals surface area (Å²) in [4.78, 5) is 9.21. The smallest absolute Gasteiger partial charge is 0.216 e. The van der Waals surface area contributed by atoms with Crippen molar-refractivity contribution >= 4 is 29.9 Å². The van der Waals surface area contributed by atoms with Gasteiger partial charge in [-0.15, -0.1) is 24.0 Å². The van der Waals surface area contributed by atoms with Crippen molar-refractivity contribution < 1.29 is 9.15 Å². The maximum atomic E-state index is 6.14. The van der Waals surface area contributed by atoms with E-state index in [1.165, 1.54) is 0 Å². The number of hydrogen-bond acceptors (Lipinski definition) is 5. The molecule has 0 radical (unpaired) electrons. The van der Waals surface area contributed by atoms with Gasteiger partial charge in [0.1, 0.15) is 17.2 Å². The quantitative estimate of drug-likeness (QED) is 0.250. The number of ether oxygens (including phenoxy) is 1. The van der Waals surface area contributed by atoms with Gasteiger partial charge in [0, 0.05) is 31.5 Å². The summed E-state index contributed by atoms with van der Waals surface area (Å²) in [7, 11) is 0. The van der Waals surface area contributed by atoms with Crippen LogP contribution in [0.4, 0.5) is 0 Å². The largest absolute Gasteiger partial charge is 0.487 e. The van der Waals surface area contributed by atoms with Crippen molar-refractivity contribution in [3.63, 3.8) is 0 Å². The summed E-state index contributed by atoms with van der Waals surface area (Å²) in [6.07, 6.45) is 3.11. The van der Waals surface area contributed by atoms with Crippen LogP contribution in [0.2, 0.25) is 0 Å². The SMILES string of the molecule is CCNC(=NCCc1nc(-c2ccco2)n[nH]1)NC1CC(C)(C)Oc2ccccc21.I. The summed E-state index contributed by atoms with van der Waals surface area (Å²) in [6, 6.07) is 12.0.